The summed E-state index contributed by atoms with van der Waals surface area (Å²) in [4.78, 5) is 41.3. The van der Waals surface area contributed by atoms with Crippen LogP contribution in [0.2, 0.25) is 0 Å². The third-order valence-corrected chi connectivity index (χ3v) is 5.26. The Morgan fingerprint density at radius 2 is 1.84 bits per heavy atom. The molecule has 1 amide bonds. The lowest BCUT2D eigenvalue weighted by molar-refractivity contribution is -0.117. The number of benzene rings is 2. The number of nitrogens with zero attached hydrogens (tertiary/aromatic N) is 1. The van der Waals surface area contributed by atoms with Crippen LogP contribution in [0.5, 0.6) is 0 Å². The summed E-state index contributed by atoms with van der Waals surface area (Å²) in [6.45, 7) is 0.632. The summed E-state index contributed by atoms with van der Waals surface area (Å²) in [5.74, 6) is -2.25. The first-order valence-corrected chi connectivity index (χ1v) is 9.59. The SMILES string of the molecule is COC(=O)c1ccc(NC(=O)CN2CCc3[nH]c4c(F)ccc(F)c4c(=O)c3C2)cc1. The molecule has 2 aromatic carbocycles. The Morgan fingerprint density at radius 3 is 2.55 bits per heavy atom. The second-order valence-electron chi connectivity index (χ2n) is 7.27. The molecular formula is C22H19F2N3O4. The molecule has 1 aliphatic rings. The molecule has 2 N–H and O–H groups in total. The molecule has 7 nitrogen and oxygen atoms in total. The molecule has 0 unspecified atom stereocenters. The number of ether oxygens (including phenoxy) is 1. The van der Waals surface area contributed by atoms with Crippen molar-refractivity contribution in [2.24, 2.45) is 0 Å². The molecule has 160 valence electrons. The van der Waals surface area contributed by atoms with E-state index < -0.39 is 23.0 Å². The number of esters is 1. The molecule has 2 heterocycles. The van der Waals surface area contributed by atoms with E-state index in [9.17, 15) is 23.2 Å². The fourth-order valence-electron chi connectivity index (χ4n) is 3.71. The van der Waals surface area contributed by atoms with Gasteiger partial charge in [-0.1, -0.05) is 0 Å². The molecule has 3 aromatic rings. The second kappa shape index (κ2) is 8.27. The maximum absolute atomic E-state index is 14.2. The Labute approximate surface area is 175 Å². The standard InChI is InChI=1S/C22H19F2N3O4/c1-31-22(30)12-2-4-13(5-3-12)25-18(28)11-27-9-8-17-14(10-27)21(29)19-15(23)6-7-16(24)20(19)26-17/h2-7H,8-11H2,1H3,(H,25,28)(H,26,29). The van der Waals surface area contributed by atoms with Gasteiger partial charge in [-0.3, -0.25) is 14.5 Å². The Bertz CT molecular complexity index is 1240. The second-order valence-corrected chi connectivity index (χ2v) is 7.27. The predicted molar refractivity (Wildman–Crippen MR) is 110 cm³/mol. The number of hydrogen-bond donors (Lipinski definition) is 2. The van der Waals surface area contributed by atoms with Crippen LogP contribution in [0.15, 0.2) is 41.2 Å². The van der Waals surface area contributed by atoms with Crippen LogP contribution in [-0.4, -0.2) is 42.0 Å². The number of pyridine rings is 1. The van der Waals surface area contributed by atoms with E-state index in [-0.39, 0.29) is 29.9 Å². The van der Waals surface area contributed by atoms with E-state index in [4.69, 9.17) is 0 Å². The first-order chi connectivity index (χ1) is 14.9. The average molecular weight is 427 g/mol. The smallest absolute Gasteiger partial charge is 0.337 e. The third kappa shape index (κ3) is 4.04. The average Bonchev–Trinajstić information content (AvgIpc) is 2.76. The lowest BCUT2D eigenvalue weighted by Gasteiger charge is -2.28. The molecule has 9 heteroatoms. The lowest BCUT2D eigenvalue weighted by Crippen LogP contribution is -2.39. The van der Waals surface area contributed by atoms with Crippen molar-refractivity contribution < 1.29 is 23.1 Å². The van der Waals surface area contributed by atoms with Crippen LogP contribution >= 0.6 is 0 Å². The van der Waals surface area contributed by atoms with Crippen LogP contribution in [-0.2, 0) is 22.5 Å². The number of anilines is 1. The lowest BCUT2D eigenvalue weighted by atomic mass is 10.0. The maximum atomic E-state index is 14.2. The fraction of sp³-hybridized carbons (Fsp3) is 0.227. The van der Waals surface area contributed by atoms with Crippen LogP contribution in [0.4, 0.5) is 14.5 Å². The van der Waals surface area contributed by atoms with Gasteiger partial charge in [0.25, 0.3) is 0 Å². The van der Waals surface area contributed by atoms with E-state index in [2.05, 4.69) is 15.0 Å². The predicted octanol–water partition coefficient (Wildman–Crippen LogP) is 2.59. The van der Waals surface area contributed by atoms with Crippen molar-refractivity contribution >= 4 is 28.5 Å². The molecule has 0 atom stereocenters. The zero-order valence-corrected chi connectivity index (χ0v) is 16.6. The number of hydrogen-bond acceptors (Lipinski definition) is 5. The summed E-state index contributed by atoms with van der Waals surface area (Å²) < 4.78 is 32.8. The number of aromatic nitrogens is 1. The van der Waals surface area contributed by atoms with Crippen LogP contribution in [0.25, 0.3) is 10.9 Å². The summed E-state index contributed by atoms with van der Waals surface area (Å²) in [5, 5.41) is 2.42. The molecule has 0 fully saturated rings. The van der Waals surface area contributed by atoms with E-state index >= 15 is 0 Å². The van der Waals surface area contributed by atoms with Gasteiger partial charge in [-0.15, -0.1) is 0 Å². The van der Waals surface area contributed by atoms with E-state index in [0.29, 0.717) is 35.5 Å². The fourth-order valence-corrected chi connectivity index (χ4v) is 3.71. The number of methoxy groups -OCH3 is 1. The topological polar surface area (TPSA) is 91.5 Å². The zero-order valence-electron chi connectivity index (χ0n) is 16.6. The molecule has 1 aromatic heterocycles. The Balaban J connectivity index is 1.48. The Morgan fingerprint density at radius 1 is 1.13 bits per heavy atom. The third-order valence-electron chi connectivity index (χ3n) is 5.26. The van der Waals surface area contributed by atoms with Crippen molar-refractivity contribution in [1.82, 2.24) is 9.88 Å². The molecule has 4 rings (SSSR count). The van der Waals surface area contributed by atoms with Gasteiger partial charge in [-0.25, -0.2) is 13.6 Å². The summed E-state index contributed by atoms with van der Waals surface area (Å²) in [6.07, 6.45) is 0.400. The van der Waals surface area contributed by atoms with Gasteiger partial charge in [0.15, 0.2) is 5.43 Å². The van der Waals surface area contributed by atoms with Crippen LogP contribution < -0.4 is 10.7 Å². The van der Waals surface area contributed by atoms with Gasteiger partial charge in [0.05, 0.1) is 30.1 Å². The van der Waals surface area contributed by atoms with Gasteiger partial charge >= 0.3 is 5.97 Å². The van der Waals surface area contributed by atoms with Crippen molar-refractivity contribution in [3.63, 3.8) is 0 Å². The van der Waals surface area contributed by atoms with E-state index in [1.807, 2.05) is 0 Å². The van der Waals surface area contributed by atoms with Gasteiger partial charge in [-0.2, -0.15) is 0 Å². The molecule has 0 saturated heterocycles. The van der Waals surface area contributed by atoms with Crippen LogP contribution in [0, 0.1) is 11.6 Å². The van der Waals surface area contributed by atoms with Crippen molar-refractivity contribution in [2.45, 2.75) is 13.0 Å². The minimum absolute atomic E-state index is 0.0152. The van der Waals surface area contributed by atoms with Crippen LogP contribution in [0.3, 0.4) is 0 Å². The number of H-pyrrole nitrogens is 1. The highest BCUT2D eigenvalue weighted by atomic mass is 19.1. The molecule has 0 saturated carbocycles. The van der Waals surface area contributed by atoms with Gasteiger partial charge in [0.2, 0.25) is 5.91 Å². The first-order valence-electron chi connectivity index (χ1n) is 9.59. The van der Waals surface area contributed by atoms with Crippen molar-refractivity contribution in [1.29, 1.82) is 0 Å². The van der Waals surface area contributed by atoms with Crippen LogP contribution in [0.1, 0.15) is 21.6 Å². The summed E-state index contributed by atoms with van der Waals surface area (Å²) in [6, 6.07) is 8.16. The number of nitrogens with one attached hydrogen (secondary N) is 2. The molecule has 31 heavy (non-hydrogen) atoms. The Hall–Kier alpha value is -3.59. The molecule has 0 bridgehead atoms. The minimum Gasteiger partial charge on any atom is -0.465 e. The maximum Gasteiger partial charge on any atom is 0.337 e. The quantitative estimate of drug-likeness (QED) is 0.625. The summed E-state index contributed by atoms with van der Waals surface area (Å²) in [7, 11) is 1.29. The number of carbonyl (C=O) groups is 2. The van der Waals surface area contributed by atoms with Crippen molar-refractivity contribution in [3.8, 4) is 0 Å². The van der Waals surface area contributed by atoms with E-state index in [1.54, 1.807) is 17.0 Å². The molecule has 0 spiro atoms. The molecule has 0 radical (unpaired) electrons. The van der Waals surface area contributed by atoms with Crippen molar-refractivity contribution in [3.05, 3.63) is 75.1 Å². The molecule has 1 aliphatic heterocycles. The molecule has 0 aliphatic carbocycles. The number of rotatable bonds is 4. The molecular weight excluding hydrogens is 408 g/mol. The monoisotopic (exact) mass is 427 g/mol. The highest BCUT2D eigenvalue weighted by Crippen LogP contribution is 2.22. The van der Waals surface area contributed by atoms with Gasteiger partial charge < -0.3 is 15.0 Å². The summed E-state index contributed by atoms with van der Waals surface area (Å²) in [5.41, 5.74) is 1.06. The number of carbonyl (C=O) groups excluding carboxylic acids is 2. The summed E-state index contributed by atoms with van der Waals surface area (Å²) >= 11 is 0. The first kappa shape index (κ1) is 20.7. The van der Waals surface area contributed by atoms with E-state index in [1.165, 1.54) is 19.2 Å². The van der Waals surface area contributed by atoms with E-state index in [0.717, 1.165) is 12.1 Å². The van der Waals surface area contributed by atoms with Gasteiger partial charge in [0, 0.05) is 36.5 Å². The minimum atomic E-state index is -0.786. The van der Waals surface area contributed by atoms with Gasteiger partial charge in [0.1, 0.15) is 11.6 Å². The van der Waals surface area contributed by atoms with Gasteiger partial charge in [-0.05, 0) is 36.4 Å². The number of halogens is 2. The number of aromatic amines is 1. The number of fused-ring (bicyclic) bond motifs is 2. The highest BCUT2D eigenvalue weighted by molar-refractivity contribution is 5.94. The highest BCUT2D eigenvalue weighted by Gasteiger charge is 2.24. The Kier molecular flexibility index (Phi) is 5.51. The van der Waals surface area contributed by atoms with Crippen molar-refractivity contribution in [2.75, 3.05) is 25.5 Å². The normalized spacial score (nSPS) is 13.6. The number of amides is 1. The largest absolute Gasteiger partial charge is 0.465 e. The zero-order chi connectivity index (χ0) is 22.1.